The van der Waals surface area contributed by atoms with Gasteiger partial charge in [-0.1, -0.05) is 66.4 Å². The minimum atomic E-state index is -3.70. The van der Waals surface area contributed by atoms with Gasteiger partial charge in [0.1, 0.15) is 18.1 Å². The van der Waals surface area contributed by atoms with Crippen LogP contribution in [0.3, 0.4) is 0 Å². The molecule has 0 aromatic carbocycles. The maximum atomic E-state index is 14.4. The van der Waals surface area contributed by atoms with Gasteiger partial charge in [0.15, 0.2) is 0 Å². The minimum Gasteiger partial charge on any atom is -0.346 e. The minimum absolute atomic E-state index is 0.0115. The molecule has 1 saturated heterocycles. The van der Waals surface area contributed by atoms with Crippen LogP contribution >= 0.6 is 0 Å². The van der Waals surface area contributed by atoms with E-state index in [1.807, 2.05) is 20.8 Å². The Morgan fingerprint density at radius 1 is 1.02 bits per heavy atom. The molecule has 12 nitrogen and oxygen atoms in total. The zero-order valence-electron chi connectivity index (χ0n) is 27.7. The van der Waals surface area contributed by atoms with Crippen LogP contribution in [-0.2, 0) is 34.0 Å². The van der Waals surface area contributed by atoms with Crippen LogP contribution in [0.4, 0.5) is 0 Å². The summed E-state index contributed by atoms with van der Waals surface area (Å²) >= 11 is 0. The third-order valence-corrected chi connectivity index (χ3v) is 10.4. The molecule has 2 aliphatic carbocycles. The number of hydrogen-bond donors (Lipinski definition) is 4. The number of hydrogen-bond acceptors (Lipinski definition) is 7. The van der Waals surface area contributed by atoms with E-state index >= 15 is 0 Å². The molecule has 1 aliphatic heterocycles. The highest BCUT2D eigenvalue weighted by Gasteiger charge is 2.69. The first kappa shape index (κ1) is 36.7. The molecule has 2 saturated carbocycles. The molecule has 0 aromatic rings. The molecule has 3 fully saturated rings. The predicted octanol–water partition coefficient (Wildman–Crippen LogP) is 1.65. The Morgan fingerprint density at radius 3 is 2.22 bits per heavy atom. The summed E-state index contributed by atoms with van der Waals surface area (Å²) in [6, 6.07) is -3.89. The van der Waals surface area contributed by atoms with E-state index in [9.17, 15) is 32.4 Å². The monoisotopic (exact) mass is 651 g/mol. The van der Waals surface area contributed by atoms with E-state index in [1.165, 1.54) is 6.08 Å². The van der Waals surface area contributed by atoms with Gasteiger partial charge in [0, 0.05) is 13.1 Å². The first-order chi connectivity index (χ1) is 21.0. The van der Waals surface area contributed by atoms with Gasteiger partial charge in [0.2, 0.25) is 33.5 Å². The molecule has 6 atom stereocenters. The first-order valence-electron chi connectivity index (χ1n) is 16.3. The van der Waals surface area contributed by atoms with Gasteiger partial charge in [0.25, 0.3) is 5.91 Å². The van der Waals surface area contributed by atoms with Crippen molar-refractivity contribution in [3.05, 3.63) is 12.7 Å². The van der Waals surface area contributed by atoms with Crippen LogP contribution in [0.5, 0.6) is 0 Å². The Kier molecular flexibility index (Phi) is 12.4. The van der Waals surface area contributed by atoms with E-state index in [4.69, 9.17) is 0 Å². The molecule has 0 unspecified atom stereocenters. The molecule has 0 spiro atoms. The number of likely N-dealkylation sites (tertiary alicyclic amines) is 1. The second-order valence-electron chi connectivity index (χ2n) is 14.1. The van der Waals surface area contributed by atoms with Gasteiger partial charge in [-0.2, -0.15) is 0 Å². The summed E-state index contributed by atoms with van der Waals surface area (Å²) < 4.78 is 26.6. The zero-order chi connectivity index (χ0) is 33.7. The third-order valence-electron chi connectivity index (χ3n) is 9.67. The van der Waals surface area contributed by atoms with Crippen molar-refractivity contribution < 1.29 is 32.4 Å². The largest absolute Gasteiger partial charge is 0.346 e. The van der Waals surface area contributed by atoms with Gasteiger partial charge in [-0.25, -0.2) is 13.1 Å². The average Bonchev–Trinajstić information content (AvgIpc) is 3.28. The quantitative estimate of drug-likeness (QED) is 0.145. The topological polar surface area (TPSA) is 171 Å². The fraction of sp³-hybridized carbons (Fsp3) is 0.781. The van der Waals surface area contributed by atoms with Crippen molar-refractivity contribution in [3.63, 3.8) is 0 Å². The number of nitrogens with one attached hydrogen (secondary N) is 4. The molecule has 0 aromatic heterocycles. The standard InChI is InChI=1S/C32H53N5O7S/c1-8-13-22(27(38)30(41)33-16-9-2)34-29(40)26-24-21(32(24,5)6)18-37(26)31(42)25(20-14-11-10-12-15-20)35-28(39)23(17-19(3)4)36-45(7,43)44/h9,19-26,36H,2,8,10-18H2,1,3-7H3,(H,33,41)(H,34,40)(H,35,39)/t21-,22+,23-,24-,25-,26-/m0/s1. The summed E-state index contributed by atoms with van der Waals surface area (Å²) in [6.07, 6.45) is 7.79. The van der Waals surface area contributed by atoms with Gasteiger partial charge in [-0.3, -0.25) is 24.0 Å². The van der Waals surface area contributed by atoms with Gasteiger partial charge in [0.05, 0.1) is 12.3 Å². The zero-order valence-corrected chi connectivity index (χ0v) is 28.5. The van der Waals surface area contributed by atoms with E-state index < -0.39 is 57.7 Å². The van der Waals surface area contributed by atoms with Crippen molar-refractivity contribution >= 4 is 39.4 Å². The number of carbonyl (C=O) groups excluding carboxylic acids is 5. The summed E-state index contributed by atoms with van der Waals surface area (Å²) in [5.74, 6) is -3.22. The highest BCUT2D eigenvalue weighted by Crippen LogP contribution is 2.65. The number of fused-ring (bicyclic) bond motifs is 1. The highest BCUT2D eigenvalue weighted by molar-refractivity contribution is 7.88. The molecule has 3 rings (SSSR count). The summed E-state index contributed by atoms with van der Waals surface area (Å²) in [6.45, 7) is 13.7. The molecule has 0 radical (unpaired) electrons. The van der Waals surface area contributed by atoms with Crippen molar-refractivity contribution in [2.24, 2.45) is 29.1 Å². The molecular weight excluding hydrogens is 598 g/mol. The smallest absolute Gasteiger partial charge is 0.289 e. The lowest BCUT2D eigenvalue weighted by atomic mass is 9.82. The lowest BCUT2D eigenvalue weighted by Crippen LogP contribution is -2.61. The lowest BCUT2D eigenvalue weighted by Gasteiger charge is -2.37. The van der Waals surface area contributed by atoms with Crippen molar-refractivity contribution in [3.8, 4) is 0 Å². The van der Waals surface area contributed by atoms with Crippen molar-refractivity contribution in [1.82, 2.24) is 25.6 Å². The van der Waals surface area contributed by atoms with Crippen molar-refractivity contribution in [2.45, 2.75) is 110 Å². The molecule has 1 heterocycles. The van der Waals surface area contributed by atoms with Crippen LogP contribution in [-0.4, -0.2) is 86.2 Å². The average molecular weight is 652 g/mol. The normalized spacial score (nSPS) is 24.6. The van der Waals surface area contributed by atoms with Crippen LogP contribution in [0.15, 0.2) is 12.7 Å². The van der Waals surface area contributed by atoms with Crippen LogP contribution in [0, 0.1) is 29.1 Å². The lowest BCUT2D eigenvalue weighted by molar-refractivity contribution is -0.146. The number of Topliss-reactive ketones (excluding diaryl/α,β-unsaturated/α-hetero) is 1. The molecule has 4 N–H and O–H groups in total. The van der Waals surface area contributed by atoms with Crippen LogP contribution < -0.4 is 20.7 Å². The van der Waals surface area contributed by atoms with Crippen molar-refractivity contribution in [2.75, 3.05) is 19.3 Å². The molecular formula is C32H53N5O7S. The summed E-state index contributed by atoms with van der Waals surface area (Å²) in [5.41, 5.74) is -0.199. The SMILES string of the molecule is C=CCNC(=O)C(=O)[C@@H](CCC)NC(=O)[C@@H]1[C@@H]2[C@H](CN1C(=O)[C@@H](NC(=O)[C@H](CC(C)C)NS(C)(=O)=O)C1CCCCC1)C2(C)C. The van der Waals surface area contributed by atoms with E-state index in [-0.39, 0.29) is 54.4 Å². The van der Waals surface area contributed by atoms with E-state index in [1.54, 1.807) is 4.90 Å². The first-order valence-corrected chi connectivity index (χ1v) is 18.2. The van der Waals surface area contributed by atoms with Gasteiger partial charge in [-0.05, 0) is 54.8 Å². The number of rotatable bonds is 16. The van der Waals surface area contributed by atoms with E-state index in [0.717, 1.165) is 38.4 Å². The maximum absolute atomic E-state index is 14.4. The van der Waals surface area contributed by atoms with Crippen molar-refractivity contribution in [1.29, 1.82) is 0 Å². The predicted molar refractivity (Wildman–Crippen MR) is 171 cm³/mol. The van der Waals surface area contributed by atoms with Gasteiger partial charge in [-0.15, -0.1) is 6.58 Å². The number of carbonyl (C=O) groups is 5. The van der Waals surface area contributed by atoms with Gasteiger partial charge < -0.3 is 20.9 Å². The number of ketones is 1. The summed E-state index contributed by atoms with van der Waals surface area (Å²) in [7, 11) is -3.70. The second-order valence-corrected chi connectivity index (χ2v) is 15.8. The fourth-order valence-electron chi connectivity index (χ4n) is 7.26. The second kappa shape index (κ2) is 15.2. The molecule has 13 heteroatoms. The summed E-state index contributed by atoms with van der Waals surface area (Å²) in [4.78, 5) is 68.9. The Hall–Kier alpha value is -2.80. The molecule has 4 amide bonds. The Bertz CT molecular complexity index is 1240. The molecule has 3 aliphatic rings. The fourth-order valence-corrected chi connectivity index (χ4v) is 7.98. The van der Waals surface area contributed by atoms with E-state index in [2.05, 4.69) is 41.1 Å². The van der Waals surface area contributed by atoms with Crippen LogP contribution in [0.1, 0.15) is 86.0 Å². The number of nitrogens with zero attached hydrogens (tertiary/aromatic N) is 1. The van der Waals surface area contributed by atoms with Crippen LogP contribution in [0.25, 0.3) is 0 Å². The third kappa shape index (κ3) is 9.15. The number of sulfonamides is 1. The number of piperidine rings is 1. The van der Waals surface area contributed by atoms with Gasteiger partial charge >= 0.3 is 0 Å². The Labute approximate surface area is 268 Å². The Morgan fingerprint density at radius 2 is 1.67 bits per heavy atom. The number of amides is 4. The molecule has 0 bridgehead atoms. The highest BCUT2D eigenvalue weighted by atomic mass is 32.2. The maximum Gasteiger partial charge on any atom is 0.289 e. The summed E-state index contributed by atoms with van der Waals surface area (Å²) in [5, 5.41) is 8.17. The molecule has 45 heavy (non-hydrogen) atoms. The van der Waals surface area contributed by atoms with Crippen LogP contribution in [0.2, 0.25) is 0 Å². The molecule has 254 valence electrons. The Balaban J connectivity index is 1.89. The van der Waals surface area contributed by atoms with E-state index in [0.29, 0.717) is 13.0 Å².